The number of anilines is 2. The molecule has 1 aromatic carbocycles. The number of nitrogens with one attached hydrogen (secondary N) is 4. The lowest BCUT2D eigenvalue weighted by Gasteiger charge is -2.39. The smallest absolute Gasteiger partial charge is 0.324 e. The molecular formula is C31H50N8O5Si2. The van der Waals surface area contributed by atoms with Gasteiger partial charge in [0.25, 0.3) is 0 Å². The number of benzene rings is 1. The van der Waals surface area contributed by atoms with Crippen LogP contribution in [-0.4, -0.2) is 80.1 Å². The molecule has 0 bridgehead atoms. The summed E-state index contributed by atoms with van der Waals surface area (Å²) in [6.45, 7) is 13.4. The molecule has 15 heteroatoms. The van der Waals surface area contributed by atoms with Gasteiger partial charge >= 0.3 is 12.1 Å². The standard InChI is InChI=1S/C31H50N8O5Si2/c1-8-45(9-2,10-3)43-25-23(19-33-30(40)32-7)42-29(26(25)44-46(11-4,12-5)13-6)39-21-36-24-27(34-20-35-28(24)39)38-31(41)37-22-17-15-14-16-18-22/h14-18,20-21,23,25-26,29H,8-13,19H2,1-7H3,(H2,32,33,40)(H2,34,35,37,38,41)/t23-,25-,26-,29-/m1/s1. The van der Waals surface area contributed by atoms with E-state index >= 15 is 0 Å². The Bertz CT molecular complexity index is 1420. The molecule has 1 aliphatic heterocycles. The molecule has 3 aromatic rings. The number of carbonyl (C=O) groups is 2. The fraction of sp³-hybridized carbons (Fsp3) is 0.581. The number of hydrogen-bond acceptors (Lipinski definition) is 8. The minimum absolute atomic E-state index is 0.245. The van der Waals surface area contributed by atoms with Gasteiger partial charge in [0, 0.05) is 19.3 Å². The summed E-state index contributed by atoms with van der Waals surface area (Å²) < 4.78 is 23.1. The second kappa shape index (κ2) is 16.0. The van der Waals surface area contributed by atoms with Gasteiger partial charge in [0.1, 0.15) is 24.6 Å². The van der Waals surface area contributed by atoms with Crippen molar-refractivity contribution in [3.05, 3.63) is 43.0 Å². The van der Waals surface area contributed by atoms with Crippen molar-refractivity contribution < 1.29 is 23.2 Å². The number of urea groups is 2. The van der Waals surface area contributed by atoms with E-state index in [0.29, 0.717) is 16.9 Å². The summed E-state index contributed by atoms with van der Waals surface area (Å²) in [5, 5.41) is 11.2. The minimum atomic E-state index is -2.18. The first-order chi connectivity index (χ1) is 22.2. The van der Waals surface area contributed by atoms with Crippen LogP contribution in [-0.2, 0) is 13.6 Å². The number of carbonyl (C=O) groups excluding carboxylic acids is 2. The Hall–Kier alpha value is -3.38. The molecular weight excluding hydrogens is 621 g/mol. The number of imidazole rings is 1. The summed E-state index contributed by atoms with van der Waals surface area (Å²) in [5.41, 5.74) is 1.56. The van der Waals surface area contributed by atoms with Crippen molar-refractivity contribution in [2.24, 2.45) is 0 Å². The monoisotopic (exact) mass is 670 g/mol. The van der Waals surface area contributed by atoms with Crippen LogP contribution in [0.15, 0.2) is 43.0 Å². The number of ether oxygens (including phenoxy) is 1. The fourth-order valence-electron chi connectivity index (χ4n) is 6.14. The van der Waals surface area contributed by atoms with E-state index in [4.69, 9.17) is 13.6 Å². The zero-order chi connectivity index (χ0) is 33.3. The van der Waals surface area contributed by atoms with Gasteiger partial charge in [-0.15, -0.1) is 0 Å². The summed E-state index contributed by atoms with van der Waals surface area (Å²) in [6, 6.07) is 14.2. The lowest BCUT2D eigenvalue weighted by atomic mass is 10.1. The molecule has 0 radical (unpaired) electrons. The highest BCUT2D eigenvalue weighted by Crippen LogP contribution is 2.41. The van der Waals surface area contributed by atoms with Crippen LogP contribution >= 0.6 is 0 Å². The van der Waals surface area contributed by atoms with Crippen molar-refractivity contribution in [1.82, 2.24) is 30.2 Å². The molecule has 0 spiro atoms. The molecule has 0 saturated carbocycles. The highest BCUT2D eigenvalue weighted by atomic mass is 28.4. The topological polar surface area (TPSA) is 154 Å². The zero-order valence-electron chi connectivity index (χ0n) is 28.1. The minimum Gasteiger partial charge on any atom is -0.408 e. The maximum Gasteiger partial charge on any atom is 0.324 e. The van der Waals surface area contributed by atoms with E-state index in [1.165, 1.54) is 6.33 Å². The van der Waals surface area contributed by atoms with Crippen LogP contribution in [0.4, 0.5) is 21.1 Å². The van der Waals surface area contributed by atoms with Crippen LogP contribution in [0.25, 0.3) is 11.2 Å². The van der Waals surface area contributed by atoms with Gasteiger partial charge in [-0.2, -0.15) is 0 Å². The highest BCUT2D eigenvalue weighted by molar-refractivity contribution is 6.74. The second-order valence-corrected chi connectivity index (χ2v) is 21.1. The van der Waals surface area contributed by atoms with Gasteiger partial charge in [-0.25, -0.2) is 24.5 Å². The third-order valence-electron chi connectivity index (χ3n) is 9.51. The van der Waals surface area contributed by atoms with Crippen molar-refractivity contribution in [2.75, 3.05) is 24.2 Å². The molecule has 1 aliphatic rings. The molecule has 1 fully saturated rings. The summed E-state index contributed by atoms with van der Waals surface area (Å²) in [5.74, 6) is 0.270. The second-order valence-electron chi connectivity index (χ2n) is 11.7. The molecule has 4 rings (SSSR count). The predicted molar refractivity (Wildman–Crippen MR) is 185 cm³/mol. The van der Waals surface area contributed by atoms with E-state index in [1.807, 2.05) is 22.8 Å². The first-order valence-corrected chi connectivity index (χ1v) is 21.5. The first kappa shape index (κ1) is 35.5. The Balaban J connectivity index is 1.75. The lowest BCUT2D eigenvalue weighted by molar-refractivity contribution is -0.0297. The number of fused-ring (bicyclic) bond motifs is 1. The third-order valence-corrected chi connectivity index (χ3v) is 18.8. The molecule has 3 heterocycles. The van der Waals surface area contributed by atoms with E-state index < -0.39 is 47.2 Å². The van der Waals surface area contributed by atoms with Crippen molar-refractivity contribution in [1.29, 1.82) is 0 Å². The number of amides is 4. The van der Waals surface area contributed by atoms with Crippen LogP contribution in [0.1, 0.15) is 47.8 Å². The predicted octanol–water partition coefficient (Wildman–Crippen LogP) is 6.08. The molecule has 2 aromatic heterocycles. The molecule has 46 heavy (non-hydrogen) atoms. The summed E-state index contributed by atoms with van der Waals surface area (Å²) >= 11 is 0. The Kier molecular flexibility index (Phi) is 12.3. The van der Waals surface area contributed by atoms with E-state index in [9.17, 15) is 9.59 Å². The Morgan fingerprint density at radius 3 is 2.02 bits per heavy atom. The largest absolute Gasteiger partial charge is 0.408 e. The SMILES string of the molecule is CC[Si](CC)(CC)O[C@@H]1[C@H](O[Si](CC)(CC)CC)[C@@H](CNC(=O)NC)O[C@H]1n1cnc2c(NC(=O)Nc3ccccc3)ncnc21. The van der Waals surface area contributed by atoms with Crippen molar-refractivity contribution in [3.8, 4) is 0 Å². The van der Waals surface area contributed by atoms with E-state index in [0.717, 1.165) is 36.3 Å². The van der Waals surface area contributed by atoms with Gasteiger partial charge in [-0.05, 0) is 48.4 Å². The van der Waals surface area contributed by atoms with Gasteiger partial charge in [0.15, 0.2) is 39.8 Å². The van der Waals surface area contributed by atoms with Crippen LogP contribution in [0.5, 0.6) is 0 Å². The van der Waals surface area contributed by atoms with Gasteiger partial charge < -0.3 is 29.5 Å². The molecule has 4 N–H and O–H groups in total. The summed E-state index contributed by atoms with van der Waals surface area (Å²) in [7, 11) is -2.73. The van der Waals surface area contributed by atoms with Gasteiger partial charge in [0.05, 0.1) is 6.33 Å². The third kappa shape index (κ3) is 7.77. The number of aromatic nitrogens is 4. The number of nitrogens with zero attached hydrogens (tertiary/aromatic N) is 4. The van der Waals surface area contributed by atoms with Crippen molar-refractivity contribution in [3.63, 3.8) is 0 Å². The van der Waals surface area contributed by atoms with Crippen LogP contribution in [0, 0.1) is 0 Å². The number of hydrogen-bond donors (Lipinski definition) is 4. The van der Waals surface area contributed by atoms with Crippen LogP contribution < -0.4 is 21.3 Å². The van der Waals surface area contributed by atoms with Gasteiger partial charge in [-0.3, -0.25) is 9.88 Å². The molecule has 1 saturated heterocycles. The van der Waals surface area contributed by atoms with E-state index in [1.54, 1.807) is 25.5 Å². The zero-order valence-corrected chi connectivity index (χ0v) is 30.1. The summed E-state index contributed by atoms with van der Waals surface area (Å²) in [4.78, 5) is 38.7. The quantitative estimate of drug-likeness (QED) is 0.142. The van der Waals surface area contributed by atoms with Crippen molar-refractivity contribution >= 4 is 51.4 Å². The number of rotatable bonds is 15. The Labute approximate surface area is 273 Å². The highest BCUT2D eigenvalue weighted by Gasteiger charge is 2.52. The number of para-hydroxylation sites is 1. The molecule has 0 aliphatic carbocycles. The van der Waals surface area contributed by atoms with Gasteiger partial charge in [0.2, 0.25) is 0 Å². The molecule has 4 atom stereocenters. The maximum atomic E-state index is 12.8. The Morgan fingerprint density at radius 1 is 0.826 bits per heavy atom. The van der Waals surface area contributed by atoms with E-state index in [2.05, 4.69) is 77.8 Å². The molecule has 252 valence electrons. The van der Waals surface area contributed by atoms with Crippen LogP contribution in [0.2, 0.25) is 36.3 Å². The average Bonchev–Trinajstić information content (AvgIpc) is 3.66. The molecule has 0 unspecified atom stereocenters. The normalized spacial score (nSPS) is 20.1. The average molecular weight is 671 g/mol. The van der Waals surface area contributed by atoms with E-state index in [-0.39, 0.29) is 18.4 Å². The lowest BCUT2D eigenvalue weighted by Crippen LogP contribution is -2.53. The van der Waals surface area contributed by atoms with Crippen molar-refractivity contribution in [2.45, 2.75) is 102 Å². The maximum absolute atomic E-state index is 12.8. The molecule has 13 nitrogen and oxygen atoms in total. The molecule has 4 amide bonds. The van der Waals surface area contributed by atoms with Gasteiger partial charge in [-0.1, -0.05) is 59.7 Å². The first-order valence-electron chi connectivity index (χ1n) is 16.5. The summed E-state index contributed by atoms with van der Waals surface area (Å²) in [6.07, 6.45) is 1.05. The Morgan fingerprint density at radius 2 is 1.43 bits per heavy atom. The van der Waals surface area contributed by atoms with Crippen LogP contribution in [0.3, 0.4) is 0 Å². The fourth-order valence-corrected chi connectivity index (χ4v) is 11.8.